The Bertz CT molecular complexity index is 329. The molecule has 1 rings (SSSR count). The van der Waals surface area contributed by atoms with Crippen LogP contribution in [0, 0.1) is 6.92 Å². The molecule has 0 spiro atoms. The van der Waals surface area contributed by atoms with Crippen molar-refractivity contribution in [1.82, 2.24) is 0 Å². The molecule has 0 unspecified atom stereocenters. The lowest BCUT2D eigenvalue weighted by Gasteiger charge is -2.00. The van der Waals surface area contributed by atoms with E-state index in [1.807, 2.05) is 6.92 Å². The predicted molar refractivity (Wildman–Crippen MR) is 46.0 cm³/mol. The van der Waals surface area contributed by atoms with Gasteiger partial charge >= 0.3 is 11.9 Å². The first-order valence-corrected chi connectivity index (χ1v) is 3.68. The molecule has 0 aliphatic rings. The van der Waals surface area contributed by atoms with Gasteiger partial charge in [-0.15, -0.1) is 0 Å². The van der Waals surface area contributed by atoms with Crippen molar-refractivity contribution in [3.63, 3.8) is 0 Å². The molecule has 0 saturated heterocycles. The highest BCUT2D eigenvalue weighted by molar-refractivity contribution is 6.32. The van der Waals surface area contributed by atoms with Crippen LogP contribution in [0.4, 0.5) is 0 Å². The van der Waals surface area contributed by atoms with Crippen LogP contribution in [0.1, 0.15) is 5.56 Å². The van der Waals surface area contributed by atoms with Crippen molar-refractivity contribution in [2.45, 2.75) is 6.92 Å². The summed E-state index contributed by atoms with van der Waals surface area (Å²) in [6.07, 6.45) is 0. The summed E-state index contributed by atoms with van der Waals surface area (Å²) in [6.45, 7) is 1.90. The van der Waals surface area contributed by atoms with Crippen LogP contribution < -0.4 is 10.5 Å². The molecule has 0 bridgehead atoms. The minimum atomic E-state index is -1.10. The molecule has 0 aromatic heterocycles. The largest absolute Gasteiger partial charge is 0.419 e. The molecule has 1 aromatic rings. The molecule has 0 aliphatic carbocycles. The number of aryl methyl sites for hydroxylation is 1. The van der Waals surface area contributed by atoms with Crippen molar-refractivity contribution in [3.8, 4) is 5.75 Å². The average Bonchev–Trinajstić information content (AvgIpc) is 2.08. The van der Waals surface area contributed by atoms with Crippen LogP contribution in [0.5, 0.6) is 5.75 Å². The van der Waals surface area contributed by atoms with E-state index in [2.05, 4.69) is 4.74 Å². The van der Waals surface area contributed by atoms with Gasteiger partial charge in [0.2, 0.25) is 0 Å². The topological polar surface area (TPSA) is 69.4 Å². The van der Waals surface area contributed by atoms with E-state index < -0.39 is 11.9 Å². The first kappa shape index (κ1) is 9.25. The Morgan fingerprint density at radius 3 is 2.23 bits per heavy atom. The minimum Gasteiger partial charge on any atom is -0.419 e. The van der Waals surface area contributed by atoms with E-state index in [0.717, 1.165) is 5.56 Å². The molecule has 0 radical (unpaired) electrons. The van der Waals surface area contributed by atoms with E-state index in [1.54, 1.807) is 24.3 Å². The summed E-state index contributed by atoms with van der Waals surface area (Å²) in [5.74, 6) is -1.83. The summed E-state index contributed by atoms with van der Waals surface area (Å²) < 4.78 is 4.62. The quantitative estimate of drug-likeness (QED) is 0.385. The lowest BCUT2D eigenvalue weighted by molar-refractivity contribution is -0.146. The molecule has 68 valence electrons. The maximum atomic E-state index is 10.7. The highest BCUT2D eigenvalue weighted by Crippen LogP contribution is 2.11. The summed E-state index contributed by atoms with van der Waals surface area (Å²) in [4.78, 5) is 21.0. The fourth-order valence-electron chi connectivity index (χ4n) is 0.764. The van der Waals surface area contributed by atoms with Gasteiger partial charge in [-0.1, -0.05) is 17.7 Å². The van der Waals surface area contributed by atoms with Crippen LogP contribution in [-0.4, -0.2) is 11.9 Å². The summed E-state index contributed by atoms with van der Waals surface area (Å²) in [5, 5.41) is 0. The van der Waals surface area contributed by atoms with E-state index in [9.17, 15) is 9.59 Å². The molecule has 2 N–H and O–H groups in total. The zero-order chi connectivity index (χ0) is 9.84. The predicted octanol–water partition coefficient (Wildman–Crippen LogP) is 0.386. The number of hydrogen-bond donors (Lipinski definition) is 1. The van der Waals surface area contributed by atoms with Gasteiger partial charge in [-0.3, -0.25) is 4.79 Å². The Hall–Kier alpha value is -1.84. The second-order valence-electron chi connectivity index (χ2n) is 2.57. The Morgan fingerprint density at radius 2 is 1.77 bits per heavy atom. The maximum Gasteiger partial charge on any atom is 0.401 e. The molecule has 1 amide bonds. The molecule has 0 saturated carbocycles. The normalized spacial score (nSPS) is 9.31. The molecular formula is C9H9NO3. The molecule has 0 atom stereocenters. The number of carbonyl (C=O) groups is 2. The molecule has 0 fully saturated rings. The van der Waals surface area contributed by atoms with Crippen LogP contribution in [0.3, 0.4) is 0 Å². The van der Waals surface area contributed by atoms with Gasteiger partial charge in [0, 0.05) is 0 Å². The third-order valence-electron chi connectivity index (χ3n) is 1.43. The maximum absolute atomic E-state index is 10.7. The molecule has 0 heterocycles. The van der Waals surface area contributed by atoms with Gasteiger partial charge in [0.1, 0.15) is 5.75 Å². The number of esters is 1. The zero-order valence-electron chi connectivity index (χ0n) is 7.11. The van der Waals surface area contributed by atoms with Gasteiger partial charge in [-0.05, 0) is 19.1 Å². The third-order valence-corrected chi connectivity index (χ3v) is 1.43. The number of rotatable bonds is 1. The number of nitrogens with two attached hydrogens (primary N) is 1. The van der Waals surface area contributed by atoms with Crippen LogP contribution in [-0.2, 0) is 9.59 Å². The van der Waals surface area contributed by atoms with Crippen molar-refractivity contribution in [2.75, 3.05) is 0 Å². The second kappa shape index (κ2) is 3.71. The lowest BCUT2D eigenvalue weighted by atomic mass is 10.2. The fraction of sp³-hybridized carbons (Fsp3) is 0.111. The smallest absolute Gasteiger partial charge is 0.401 e. The number of primary amides is 1. The summed E-state index contributed by atoms with van der Waals surface area (Å²) in [5.41, 5.74) is 5.74. The SMILES string of the molecule is Cc1ccc(OC(=O)C(N)=O)cc1. The van der Waals surface area contributed by atoms with Crippen molar-refractivity contribution in [3.05, 3.63) is 29.8 Å². The first-order chi connectivity index (χ1) is 6.09. The standard InChI is InChI=1S/C9H9NO3/c1-6-2-4-7(5-3-6)13-9(12)8(10)11/h2-5H,1H3,(H2,10,11). The first-order valence-electron chi connectivity index (χ1n) is 3.68. The Morgan fingerprint density at radius 1 is 1.23 bits per heavy atom. The molecule has 4 nitrogen and oxygen atoms in total. The zero-order valence-corrected chi connectivity index (χ0v) is 7.11. The van der Waals surface area contributed by atoms with Gasteiger partial charge in [0.25, 0.3) is 0 Å². The summed E-state index contributed by atoms with van der Waals surface area (Å²) in [6, 6.07) is 6.72. The molecule has 0 aliphatic heterocycles. The van der Waals surface area contributed by atoms with Crippen molar-refractivity contribution >= 4 is 11.9 Å². The monoisotopic (exact) mass is 179 g/mol. The van der Waals surface area contributed by atoms with Crippen LogP contribution in [0.15, 0.2) is 24.3 Å². The number of hydrogen-bond acceptors (Lipinski definition) is 3. The van der Waals surface area contributed by atoms with Crippen molar-refractivity contribution in [2.24, 2.45) is 5.73 Å². The van der Waals surface area contributed by atoms with Crippen LogP contribution in [0.25, 0.3) is 0 Å². The van der Waals surface area contributed by atoms with E-state index in [0.29, 0.717) is 5.75 Å². The van der Waals surface area contributed by atoms with E-state index >= 15 is 0 Å². The number of benzene rings is 1. The van der Waals surface area contributed by atoms with E-state index in [-0.39, 0.29) is 0 Å². The Labute approximate surface area is 75.3 Å². The highest BCUT2D eigenvalue weighted by atomic mass is 16.5. The van der Waals surface area contributed by atoms with Gasteiger partial charge < -0.3 is 10.5 Å². The van der Waals surface area contributed by atoms with Gasteiger partial charge in [0.15, 0.2) is 0 Å². The number of amides is 1. The molecular weight excluding hydrogens is 170 g/mol. The summed E-state index contributed by atoms with van der Waals surface area (Å²) in [7, 11) is 0. The van der Waals surface area contributed by atoms with Crippen LogP contribution >= 0.6 is 0 Å². The summed E-state index contributed by atoms with van der Waals surface area (Å²) >= 11 is 0. The van der Waals surface area contributed by atoms with Crippen molar-refractivity contribution in [1.29, 1.82) is 0 Å². The van der Waals surface area contributed by atoms with Gasteiger partial charge in [-0.2, -0.15) is 0 Å². The molecule has 4 heteroatoms. The van der Waals surface area contributed by atoms with Gasteiger partial charge in [-0.25, -0.2) is 4.79 Å². The third kappa shape index (κ3) is 2.59. The Balaban J connectivity index is 2.70. The minimum absolute atomic E-state index is 0.314. The number of ether oxygens (including phenoxy) is 1. The average molecular weight is 179 g/mol. The highest BCUT2D eigenvalue weighted by Gasteiger charge is 2.10. The molecule has 13 heavy (non-hydrogen) atoms. The van der Waals surface area contributed by atoms with Gasteiger partial charge in [0.05, 0.1) is 0 Å². The fourth-order valence-corrected chi connectivity index (χ4v) is 0.764. The lowest BCUT2D eigenvalue weighted by Crippen LogP contribution is -2.27. The van der Waals surface area contributed by atoms with Crippen molar-refractivity contribution < 1.29 is 14.3 Å². The Kier molecular flexibility index (Phi) is 2.64. The van der Waals surface area contributed by atoms with Crippen LogP contribution in [0.2, 0.25) is 0 Å². The molecule has 1 aromatic carbocycles. The second-order valence-corrected chi connectivity index (χ2v) is 2.57. The van der Waals surface area contributed by atoms with E-state index in [4.69, 9.17) is 5.73 Å². The number of carbonyl (C=O) groups excluding carboxylic acids is 2. The van der Waals surface area contributed by atoms with E-state index in [1.165, 1.54) is 0 Å².